The molecule has 0 saturated heterocycles. The van der Waals surface area contributed by atoms with E-state index in [9.17, 15) is 14.9 Å². The van der Waals surface area contributed by atoms with Gasteiger partial charge in [-0.3, -0.25) is 4.79 Å². The first-order chi connectivity index (χ1) is 14.6. The molecule has 4 rings (SSSR count). The first-order valence-corrected chi connectivity index (χ1v) is 10.00. The number of aromatic nitrogens is 2. The van der Waals surface area contributed by atoms with Crippen LogP contribution in [0.5, 0.6) is 0 Å². The minimum Gasteiger partial charge on any atom is -0.460 e. The standard InChI is InChI=1S/C22H17N3O4S/c26-20(21-11-9-19(30-21)14-16-4-2-1-3-5-16)10-8-17-6-7-18(29-17)15-24-13-12-22(23-24)25(27)28/h1-13H,14-15H2/b10-8+. The van der Waals surface area contributed by atoms with Crippen molar-refractivity contribution in [3.63, 3.8) is 0 Å². The largest absolute Gasteiger partial charge is 0.460 e. The lowest BCUT2D eigenvalue weighted by Gasteiger charge is -1.96. The summed E-state index contributed by atoms with van der Waals surface area (Å²) >= 11 is 1.48. The molecule has 150 valence electrons. The van der Waals surface area contributed by atoms with Crippen molar-refractivity contribution < 1.29 is 14.1 Å². The van der Waals surface area contributed by atoms with Crippen molar-refractivity contribution in [2.45, 2.75) is 13.0 Å². The summed E-state index contributed by atoms with van der Waals surface area (Å²) in [6.07, 6.45) is 5.42. The Morgan fingerprint density at radius 2 is 1.97 bits per heavy atom. The fraction of sp³-hybridized carbons (Fsp3) is 0.0909. The van der Waals surface area contributed by atoms with Gasteiger partial charge < -0.3 is 14.5 Å². The number of carbonyl (C=O) groups is 1. The number of nitro groups is 1. The lowest BCUT2D eigenvalue weighted by Crippen LogP contribution is -2.00. The highest BCUT2D eigenvalue weighted by atomic mass is 32.1. The number of furan rings is 1. The van der Waals surface area contributed by atoms with E-state index in [1.807, 2.05) is 30.3 Å². The average Bonchev–Trinajstić information content (AvgIpc) is 3.49. The molecule has 0 bridgehead atoms. The van der Waals surface area contributed by atoms with Crippen LogP contribution in [0, 0.1) is 10.1 Å². The molecule has 0 amide bonds. The van der Waals surface area contributed by atoms with Crippen LogP contribution in [-0.2, 0) is 13.0 Å². The van der Waals surface area contributed by atoms with Crippen LogP contribution in [0.25, 0.3) is 6.08 Å². The summed E-state index contributed by atoms with van der Waals surface area (Å²) in [5.74, 6) is 0.817. The number of nitrogens with zero attached hydrogens (tertiary/aromatic N) is 3. The Labute approximate surface area is 176 Å². The van der Waals surface area contributed by atoms with Crippen molar-refractivity contribution >= 4 is 29.0 Å². The highest BCUT2D eigenvalue weighted by molar-refractivity contribution is 7.14. The normalized spacial score (nSPS) is 11.2. The minimum absolute atomic E-state index is 0.0834. The van der Waals surface area contributed by atoms with Crippen molar-refractivity contribution in [3.8, 4) is 0 Å². The number of hydrogen-bond donors (Lipinski definition) is 0. The second-order valence-corrected chi connectivity index (χ2v) is 7.73. The third-order valence-corrected chi connectivity index (χ3v) is 5.44. The Kier molecular flexibility index (Phi) is 5.67. The molecule has 4 aromatic rings. The van der Waals surface area contributed by atoms with Gasteiger partial charge in [0.25, 0.3) is 0 Å². The third-order valence-electron chi connectivity index (χ3n) is 4.34. The molecule has 0 saturated carbocycles. The van der Waals surface area contributed by atoms with Gasteiger partial charge in [-0.05, 0) is 46.9 Å². The van der Waals surface area contributed by atoms with Crippen LogP contribution in [0.2, 0.25) is 0 Å². The third kappa shape index (κ3) is 4.79. The van der Waals surface area contributed by atoms with Crippen LogP contribution in [0.1, 0.15) is 31.6 Å². The number of benzene rings is 1. The Bertz CT molecular complexity index is 1200. The summed E-state index contributed by atoms with van der Waals surface area (Å²) in [5.41, 5.74) is 1.21. The van der Waals surface area contributed by atoms with E-state index in [0.717, 1.165) is 11.3 Å². The van der Waals surface area contributed by atoms with Gasteiger partial charge in [0, 0.05) is 11.3 Å². The van der Waals surface area contributed by atoms with E-state index in [4.69, 9.17) is 4.42 Å². The van der Waals surface area contributed by atoms with Crippen molar-refractivity contribution in [2.24, 2.45) is 0 Å². The molecule has 30 heavy (non-hydrogen) atoms. The monoisotopic (exact) mass is 419 g/mol. The second kappa shape index (κ2) is 8.71. The number of carbonyl (C=O) groups excluding carboxylic acids is 1. The number of thiophene rings is 1. The van der Waals surface area contributed by atoms with Gasteiger partial charge >= 0.3 is 5.82 Å². The maximum absolute atomic E-state index is 12.5. The molecular formula is C22H17N3O4S. The maximum Gasteiger partial charge on any atom is 0.389 e. The SMILES string of the molecule is O=C(/C=C/c1ccc(Cn2ccc([N+](=O)[O-])n2)o1)c1ccc(Cc2ccccc2)s1. The van der Waals surface area contributed by atoms with E-state index >= 15 is 0 Å². The van der Waals surface area contributed by atoms with Crippen molar-refractivity contribution in [1.29, 1.82) is 0 Å². The van der Waals surface area contributed by atoms with Gasteiger partial charge in [0.15, 0.2) is 5.78 Å². The summed E-state index contributed by atoms with van der Waals surface area (Å²) in [7, 11) is 0. The Balaban J connectivity index is 1.37. The number of allylic oxidation sites excluding steroid dienone is 1. The second-order valence-electron chi connectivity index (χ2n) is 6.56. The van der Waals surface area contributed by atoms with Gasteiger partial charge in [0.1, 0.15) is 18.1 Å². The predicted molar refractivity (Wildman–Crippen MR) is 114 cm³/mol. The zero-order valence-corrected chi connectivity index (χ0v) is 16.6. The molecule has 0 aliphatic rings. The van der Waals surface area contributed by atoms with Crippen LogP contribution in [0.15, 0.2) is 77.4 Å². The van der Waals surface area contributed by atoms with Gasteiger partial charge in [-0.15, -0.1) is 11.3 Å². The molecule has 0 aliphatic heterocycles. The summed E-state index contributed by atoms with van der Waals surface area (Å²) in [5, 5.41) is 14.5. The number of rotatable bonds is 8. The predicted octanol–water partition coefficient (Wildman–Crippen LogP) is 4.98. The maximum atomic E-state index is 12.5. The fourth-order valence-corrected chi connectivity index (χ4v) is 3.87. The molecule has 1 aromatic carbocycles. The summed E-state index contributed by atoms with van der Waals surface area (Å²) < 4.78 is 7.09. The van der Waals surface area contributed by atoms with Gasteiger partial charge in [-0.1, -0.05) is 30.3 Å². The van der Waals surface area contributed by atoms with Gasteiger partial charge in [-0.2, -0.15) is 4.68 Å². The van der Waals surface area contributed by atoms with E-state index in [1.54, 1.807) is 18.2 Å². The smallest absolute Gasteiger partial charge is 0.389 e. The van der Waals surface area contributed by atoms with Gasteiger partial charge in [-0.25, -0.2) is 0 Å². The van der Waals surface area contributed by atoms with Crippen LogP contribution in [0.4, 0.5) is 5.82 Å². The summed E-state index contributed by atoms with van der Waals surface area (Å²) in [6, 6.07) is 18.8. The first-order valence-electron chi connectivity index (χ1n) is 9.18. The summed E-state index contributed by atoms with van der Waals surface area (Å²) in [6.45, 7) is 0.267. The summed E-state index contributed by atoms with van der Waals surface area (Å²) in [4.78, 5) is 24.4. The van der Waals surface area contributed by atoms with Gasteiger partial charge in [0.2, 0.25) is 0 Å². The van der Waals surface area contributed by atoms with Gasteiger partial charge in [0.05, 0.1) is 22.2 Å². The van der Waals surface area contributed by atoms with Crippen molar-refractivity contribution in [2.75, 3.05) is 0 Å². The molecule has 0 unspecified atom stereocenters. The molecule has 3 aromatic heterocycles. The minimum atomic E-state index is -0.547. The van der Waals surface area contributed by atoms with Crippen LogP contribution < -0.4 is 0 Å². The van der Waals surface area contributed by atoms with Crippen LogP contribution in [-0.4, -0.2) is 20.5 Å². The molecule has 3 heterocycles. The molecule has 7 nitrogen and oxygen atoms in total. The Morgan fingerprint density at radius 1 is 1.13 bits per heavy atom. The Morgan fingerprint density at radius 3 is 2.73 bits per heavy atom. The molecule has 0 N–H and O–H groups in total. The number of ketones is 1. The lowest BCUT2D eigenvalue weighted by atomic mass is 10.1. The number of hydrogen-bond acceptors (Lipinski definition) is 6. The van der Waals surface area contributed by atoms with E-state index in [-0.39, 0.29) is 18.1 Å². The average molecular weight is 419 g/mol. The topological polar surface area (TPSA) is 91.2 Å². The lowest BCUT2D eigenvalue weighted by molar-refractivity contribution is -0.389. The van der Waals surface area contributed by atoms with E-state index in [2.05, 4.69) is 17.2 Å². The van der Waals surface area contributed by atoms with E-state index in [1.165, 1.54) is 39.9 Å². The fourth-order valence-electron chi connectivity index (χ4n) is 2.91. The highest BCUT2D eigenvalue weighted by Gasteiger charge is 2.12. The molecule has 0 fully saturated rings. The van der Waals surface area contributed by atoms with Crippen LogP contribution >= 0.6 is 11.3 Å². The van der Waals surface area contributed by atoms with E-state index in [0.29, 0.717) is 16.4 Å². The zero-order valence-electron chi connectivity index (χ0n) is 15.8. The first kappa shape index (κ1) is 19.5. The molecule has 0 aliphatic carbocycles. The zero-order chi connectivity index (χ0) is 20.9. The molecule has 8 heteroatoms. The molecule has 0 radical (unpaired) electrons. The molecule has 0 spiro atoms. The molecule has 0 atom stereocenters. The van der Waals surface area contributed by atoms with Crippen LogP contribution in [0.3, 0.4) is 0 Å². The quantitative estimate of drug-likeness (QED) is 0.174. The molecular weight excluding hydrogens is 402 g/mol. The Hall–Kier alpha value is -3.78. The highest BCUT2D eigenvalue weighted by Crippen LogP contribution is 2.21. The van der Waals surface area contributed by atoms with Crippen molar-refractivity contribution in [1.82, 2.24) is 9.78 Å². The van der Waals surface area contributed by atoms with Crippen molar-refractivity contribution in [3.05, 3.63) is 110 Å². The van der Waals surface area contributed by atoms with E-state index < -0.39 is 4.92 Å².